The van der Waals surface area contributed by atoms with Crippen LogP contribution in [0.1, 0.15) is 38.5 Å². The van der Waals surface area contributed by atoms with Crippen LogP contribution in [0.25, 0.3) is 0 Å². The summed E-state index contributed by atoms with van der Waals surface area (Å²) in [4.78, 5) is 2.80. The Labute approximate surface area is 98.5 Å². The van der Waals surface area contributed by atoms with Crippen molar-refractivity contribution in [3.05, 3.63) is 0 Å². The largest absolute Gasteiger partial charge is 0.379 e. The van der Waals surface area contributed by atoms with Crippen molar-refractivity contribution in [1.29, 1.82) is 0 Å². The highest BCUT2D eigenvalue weighted by molar-refractivity contribution is 5.00. The molecule has 3 fully saturated rings. The maximum atomic E-state index is 5.79. The zero-order valence-electron chi connectivity index (χ0n) is 10.2. The number of ether oxygens (including phenoxy) is 1. The lowest BCUT2D eigenvalue weighted by Gasteiger charge is -2.50. The van der Waals surface area contributed by atoms with E-state index in [4.69, 9.17) is 4.74 Å². The molecule has 16 heavy (non-hydrogen) atoms. The summed E-state index contributed by atoms with van der Waals surface area (Å²) < 4.78 is 5.79. The van der Waals surface area contributed by atoms with Crippen LogP contribution < -0.4 is 5.32 Å². The molecule has 0 aromatic carbocycles. The molecule has 3 saturated heterocycles. The average molecular weight is 224 g/mol. The third-order valence-corrected chi connectivity index (χ3v) is 4.65. The van der Waals surface area contributed by atoms with Gasteiger partial charge in [-0.2, -0.15) is 0 Å². The van der Waals surface area contributed by atoms with Gasteiger partial charge in [-0.15, -0.1) is 0 Å². The number of piperidine rings is 1. The fraction of sp³-hybridized carbons (Fsp3) is 1.00. The molecular formula is C13H24N2O. The first-order valence-corrected chi connectivity index (χ1v) is 6.96. The molecule has 1 spiro atoms. The van der Waals surface area contributed by atoms with E-state index in [0.717, 1.165) is 25.8 Å². The SMILES string of the molecule is C1CCN2C(C1)CCNCC21CCCOC1. The third kappa shape index (κ3) is 1.89. The molecule has 0 radical (unpaired) electrons. The molecular weight excluding hydrogens is 200 g/mol. The molecule has 0 amide bonds. The fourth-order valence-electron chi connectivity index (χ4n) is 3.82. The second-order valence-corrected chi connectivity index (χ2v) is 5.69. The molecule has 0 bridgehead atoms. The van der Waals surface area contributed by atoms with E-state index in [9.17, 15) is 0 Å². The van der Waals surface area contributed by atoms with Gasteiger partial charge in [0.1, 0.15) is 0 Å². The standard InChI is InChI=1S/C13H24N2O/c1-2-8-15-12(4-1)5-7-14-10-13(15)6-3-9-16-11-13/h12,14H,1-11H2. The lowest BCUT2D eigenvalue weighted by Crippen LogP contribution is -2.61. The van der Waals surface area contributed by atoms with Gasteiger partial charge in [0.2, 0.25) is 0 Å². The van der Waals surface area contributed by atoms with Crippen LogP contribution in [-0.2, 0) is 4.74 Å². The van der Waals surface area contributed by atoms with Gasteiger partial charge in [0.25, 0.3) is 0 Å². The van der Waals surface area contributed by atoms with Gasteiger partial charge in [-0.3, -0.25) is 4.90 Å². The first-order chi connectivity index (χ1) is 7.91. The van der Waals surface area contributed by atoms with E-state index in [2.05, 4.69) is 10.2 Å². The van der Waals surface area contributed by atoms with Crippen LogP contribution in [0, 0.1) is 0 Å². The van der Waals surface area contributed by atoms with E-state index in [1.54, 1.807) is 0 Å². The van der Waals surface area contributed by atoms with Crippen molar-refractivity contribution in [2.45, 2.75) is 50.1 Å². The summed E-state index contributed by atoms with van der Waals surface area (Å²) in [7, 11) is 0. The summed E-state index contributed by atoms with van der Waals surface area (Å²) in [6.07, 6.45) is 8.13. The predicted molar refractivity (Wildman–Crippen MR) is 64.6 cm³/mol. The van der Waals surface area contributed by atoms with E-state index in [1.165, 1.54) is 51.6 Å². The van der Waals surface area contributed by atoms with Gasteiger partial charge >= 0.3 is 0 Å². The van der Waals surface area contributed by atoms with E-state index in [-0.39, 0.29) is 0 Å². The van der Waals surface area contributed by atoms with Crippen molar-refractivity contribution in [2.24, 2.45) is 0 Å². The number of hydrogen-bond donors (Lipinski definition) is 1. The Morgan fingerprint density at radius 2 is 2.19 bits per heavy atom. The predicted octanol–water partition coefficient (Wildman–Crippen LogP) is 1.38. The minimum absolute atomic E-state index is 0.333. The van der Waals surface area contributed by atoms with E-state index < -0.39 is 0 Å². The molecule has 3 aliphatic heterocycles. The Morgan fingerprint density at radius 3 is 3.06 bits per heavy atom. The Hall–Kier alpha value is -0.120. The number of hydrogen-bond acceptors (Lipinski definition) is 3. The second-order valence-electron chi connectivity index (χ2n) is 5.69. The van der Waals surface area contributed by atoms with Crippen LogP contribution in [0.2, 0.25) is 0 Å². The average Bonchev–Trinajstić information content (AvgIpc) is 2.52. The minimum atomic E-state index is 0.333. The summed E-state index contributed by atoms with van der Waals surface area (Å²) in [6, 6.07) is 0.824. The van der Waals surface area contributed by atoms with Gasteiger partial charge in [0, 0.05) is 19.2 Å². The second kappa shape index (κ2) is 4.63. The summed E-state index contributed by atoms with van der Waals surface area (Å²) >= 11 is 0. The van der Waals surface area contributed by atoms with Crippen molar-refractivity contribution < 1.29 is 4.74 Å². The highest BCUT2D eigenvalue weighted by Crippen LogP contribution is 2.34. The van der Waals surface area contributed by atoms with Crippen LogP contribution in [-0.4, -0.2) is 49.3 Å². The summed E-state index contributed by atoms with van der Waals surface area (Å²) in [5.74, 6) is 0. The maximum absolute atomic E-state index is 5.79. The maximum Gasteiger partial charge on any atom is 0.0662 e. The molecule has 0 aromatic heterocycles. The van der Waals surface area contributed by atoms with Crippen molar-refractivity contribution in [3.63, 3.8) is 0 Å². The highest BCUT2D eigenvalue weighted by atomic mass is 16.5. The molecule has 0 aromatic rings. The quantitative estimate of drug-likeness (QED) is 0.673. The van der Waals surface area contributed by atoms with Crippen LogP contribution in [0.4, 0.5) is 0 Å². The smallest absolute Gasteiger partial charge is 0.0662 e. The van der Waals surface area contributed by atoms with Gasteiger partial charge < -0.3 is 10.1 Å². The number of nitrogens with one attached hydrogen (secondary N) is 1. The third-order valence-electron chi connectivity index (χ3n) is 4.65. The molecule has 0 saturated carbocycles. The van der Waals surface area contributed by atoms with E-state index in [0.29, 0.717) is 5.54 Å². The van der Waals surface area contributed by atoms with Crippen molar-refractivity contribution in [2.75, 3.05) is 32.8 Å². The topological polar surface area (TPSA) is 24.5 Å². The summed E-state index contributed by atoms with van der Waals surface area (Å²) in [6.45, 7) is 5.57. The molecule has 3 heterocycles. The molecule has 3 nitrogen and oxygen atoms in total. The van der Waals surface area contributed by atoms with E-state index in [1.807, 2.05) is 0 Å². The van der Waals surface area contributed by atoms with Gasteiger partial charge in [-0.25, -0.2) is 0 Å². The molecule has 2 atom stereocenters. The fourth-order valence-corrected chi connectivity index (χ4v) is 3.82. The lowest BCUT2D eigenvalue weighted by molar-refractivity contribution is -0.0704. The number of rotatable bonds is 0. The number of fused-ring (bicyclic) bond motifs is 2. The first kappa shape index (κ1) is 11.0. The summed E-state index contributed by atoms with van der Waals surface area (Å²) in [5.41, 5.74) is 0.333. The zero-order chi connectivity index (χ0) is 10.8. The van der Waals surface area contributed by atoms with Crippen LogP contribution in [0.5, 0.6) is 0 Å². The van der Waals surface area contributed by atoms with Crippen LogP contribution in [0.3, 0.4) is 0 Å². The Morgan fingerprint density at radius 1 is 1.19 bits per heavy atom. The highest BCUT2D eigenvalue weighted by Gasteiger charge is 2.43. The first-order valence-electron chi connectivity index (χ1n) is 6.96. The van der Waals surface area contributed by atoms with Gasteiger partial charge in [-0.05, 0) is 45.2 Å². The molecule has 2 unspecified atom stereocenters. The van der Waals surface area contributed by atoms with Gasteiger partial charge in [0.05, 0.1) is 12.1 Å². The molecule has 3 aliphatic rings. The normalized spacial score (nSPS) is 41.6. The monoisotopic (exact) mass is 224 g/mol. The molecule has 1 N–H and O–H groups in total. The van der Waals surface area contributed by atoms with E-state index >= 15 is 0 Å². The van der Waals surface area contributed by atoms with Gasteiger partial charge in [0.15, 0.2) is 0 Å². The molecule has 0 aliphatic carbocycles. The van der Waals surface area contributed by atoms with Gasteiger partial charge in [-0.1, -0.05) is 6.42 Å². The molecule has 92 valence electrons. The minimum Gasteiger partial charge on any atom is -0.379 e. The van der Waals surface area contributed by atoms with Crippen LogP contribution >= 0.6 is 0 Å². The Bertz CT molecular complexity index is 238. The van der Waals surface area contributed by atoms with Crippen molar-refractivity contribution >= 4 is 0 Å². The molecule has 3 rings (SSSR count). The lowest BCUT2D eigenvalue weighted by atomic mass is 9.86. The molecule has 3 heteroatoms. The van der Waals surface area contributed by atoms with Crippen LogP contribution in [0.15, 0.2) is 0 Å². The summed E-state index contributed by atoms with van der Waals surface area (Å²) in [5, 5.41) is 3.64. The Balaban J connectivity index is 1.82. The number of nitrogens with zero attached hydrogens (tertiary/aromatic N) is 1. The zero-order valence-corrected chi connectivity index (χ0v) is 10.2. The van der Waals surface area contributed by atoms with Crippen molar-refractivity contribution in [3.8, 4) is 0 Å². The Kier molecular flexibility index (Phi) is 3.18. The van der Waals surface area contributed by atoms with Crippen molar-refractivity contribution in [1.82, 2.24) is 10.2 Å².